The number of ether oxygens (including phenoxy) is 1. The van der Waals surface area contributed by atoms with E-state index < -0.39 is 30.0 Å². The van der Waals surface area contributed by atoms with Crippen LogP contribution in [0.3, 0.4) is 0 Å². The second kappa shape index (κ2) is 10.1. The molecule has 1 atom stereocenters. The summed E-state index contributed by atoms with van der Waals surface area (Å²) in [5.74, 6) is 4.23. The molecular weight excluding hydrogens is 449 g/mol. The van der Waals surface area contributed by atoms with E-state index in [0.29, 0.717) is 17.5 Å². The number of hydrogen-bond acceptors (Lipinski definition) is 1. The molecule has 2 aromatic carbocycles. The van der Waals surface area contributed by atoms with Crippen LogP contribution in [0.2, 0.25) is 0 Å². The molecule has 1 nitrogen and oxygen atoms in total. The number of rotatable bonds is 5. The molecule has 3 rings (SSSR count). The molecule has 33 heavy (non-hydrogen) atoms. The van der Waals surface area contributed by atoms with Gasteiger partial charge in [-0.3, -0.25) is 0 Å². The summed E-state index contributed by atoms with van der Waals surface area (Å²) < 4.78 is 93.9. The first-order chi connectivity index (χ1) is 15.5. The Labute approximate surface area is 187 Å². The van der Waals surface area contributed by atoms with Crippen molar-refractivity contribution >= 4 is 0 Å². The minimum absolute atomic E-state index is 0.0951. The Kier molecular flexibility index (Phi) is 7.61. The Hall–Kier alpha value is -2.69. The lowest BCUT2D eigenvalue weighted by Gasteiger charge is -2.28. The molecule has 1 fully saturated rings. The summed E-state index contributed by atoms with van der Waals surface area (Å²) in [5, 5.41) is 0. The molecule has 0 heterocycles. The molecule has 1 saturated carbocycles. The molecule has 2 aromatic rings. The lowest BCUT2D eigenvalue weighted by Crippen LogP contribution is -2.45. The van der Waals surface area contributed by atoms with Gasteiger partial charge in [0, 0.05) is 11.1 Å². The van der Waals surface area contributed by atoms with Crippen molar-refractivity contribution in [1.29, 1.82) is 0 Å². The van der Waals surface area contributed by atoms with Crippen molar-refractivity contribution in [2.24, 2.45) is 5.92 Å². The molecule has 0 amide bonds. The van der Waals surface area contributed by atoms with Gasteiger partial charge in [0.25, 0.3) is 6.17 Å². The maximum atomic E-state index is 14.0. The van der Waals surface area contributed by atoms with Crippen LogP contribution in [0, 0.1) is 23.6 Å². The van der Waals surface area contributed by atoms with Gasteiger partial charge >= 0.3 is 12.3 Å². The summed E-state index contributed by atoms with van der Waals surface area (Å²) in [6.45, 7) is 2.22. The van der Waals surface area contributed by atoms with Gasteiger partial charge in [0.2, 0.25) is 0 Å². The average Bonchev–Trinajstić information content (AvgIpc) is 2.78. The van der Waals surface area contributed by atoms with Gasteiger partial charge in [0.05, 0.1) is 0 Å². The van der Waals surface area contributed by atoms with Crippen molar-refractivity contribution in [3.8, 4) is 17.6 Å². The summed E-state index contributed by atoms with van der Waals surface area (Å²) in [7, 11) is 0. The molecular formula is C25H23F7O. The molecule has 0 bridgehead atoms. The van der Waals surface area contributed by atoms with Crippen LogP contribution in [0.15, 0.2) is 42.5 Å². The average molecular weight is 472 g/mol. The van der Waals surface area contributed by atoms with Crippen LogP contribution in [0.1, 0.15) is 61.6 Å². The van der Waals surface area contributed by atoms with E-state index in [2.05, 4.69) is 23.5 Å². The smallest absolute Gasteiger partial charge is 0.427 e. The first kappa shape index (κ1) is 24.9. The normalized spacial score (nSPS) is 20.0. The third-order valence-corrected chi connectivity index (χ3v) is 5.92. The second-order valence-corrected chi connectivity index (χ2v) is 8.21. The Morgan fingerprint density at radius 1 is 0.909 bits per heavy atom. The minimum atomic E-state index is -5.85. The van der Waals surface area contributed by atoms with Crippen LogP contribution in [0.25, 0.3) is 0 Å². The Morgan fingerprint density at radius 2 is 1.48 bits per heavy atom. The molecule has 0 aliphatic heterocycles. The molecule has 0 N–H and O–H groups in total. The van der Waals surface area contributed by atoms with Crippen LogP contribution in [-0.4, -0.2) is 18.5 Å². The molecule has 1 unspecified atom stereocenters. The maximum Gasteiger partial charge on any atom is 0.439 e. The molecule has 1 aliphatic carbocycles. The van der Waals surface area contributed by atoms with E-state index >= 15 is 0 Å². The highest BCUT2D eigenvalue weighted by Crippen LogP contribution is 2.38. The number of benzene rings is 2. The minimum Gasteiger partial charge on any atom is -0.427 e. The fraction of sp³-hybridized carbons (Fsp3) is 0.440. The Bertz CT molecular complexity index is 994. The molecule has 0 radical (unpaired) electrons. The molecule has 0 spiro atoms. The summed E-state index contributed by atoms with van der Waals surface area (Å²) in [6, 6.07) is 10.2. The van der Waals surface area contributed by atoms with Gasteiger partial charge in [-0.2, -0.15) is 22.0 Å². The lowest BCUT2D eigenvalue weighted by molar-refractivity contribution is -0.305. The SMILES string of the molecule is CCC1CCC(c2ccc(C#Cc3ccc(OC(F)(F)C(F)C(F)(F)F)c(F)c3)cc2)CC1. The van der Waals surface area contributed by atoms with Gasteiger partial charge in [-0.05, 0) is 73.4 Å². The number of alkyl halides is 6. The van der Waals surface area contributed by atoms with Crippen molar-refractivity contribution in [3.63, 3.8) is 0 Å². The number of hydrogen-bond donors (Lipinski definition) is 0. The van der Waals surface area contributed by atoms with Gasteiger partial charge in [0.15, 0.2) is 11.6 Å². The van der Waals surface area contributed by atoms with Gasteiger partial charge in [-0.25, -0.2) is 8.78 Å². The first-order valence-corrected chi connectivity index (χ1v) is 10.7. The Balaban J connectivity index is 1.66. The van der Waals surface area contributed by atoms with E-state index in [-0.39, 0.29) is 5.56 Å². The van der Waals surface area contributed by atoms with Gasteiger partial charge in [-0.1, -0.05) is 37.3 Å². The fourth-order valence-corrected chi connectivity index (χ4v) is 3.94. The quantitative estimate of drug-likeness (QED) is 0.319. The highest BCUT2D eigenvalue weighted by molar-refractivity contribution is 5.45. The lowest BCUT2D eigenvalue weighted by atomic mass is 9.78. The van der Waals surface area contributed by atoms with Crippen LogP contribution < -0.4 is 4.74 Å². The van der Waals surface area contributed by atoms with E-state index in [0.717, 1.165) is 30.9 Å². The van der Waals surface area contributed by atoms with Crippen molar-refractivity contribution in [2.75, 3.05) is 0 Å². The molecule has 1 aliphatic rings. The molecule has 0 aromatic heterocycles. The molecule has 8 heteroatoms. The Morgan fingerprint density at radius 3 is 2.03 bits per heavy atom. The monoisotopic (exact) mass is 472 g/mol. The molecule has 178 valence electrons. The van der Waals surface area contributed by atoms with E-state index in [1.807, 2.05) is 24.3 Å². The van der Waals surface area contributed by atoms with E-state index in [1.54, 1.807) is 0 Å². The third kappa shape index (κ3) is 6.43. The van der Waals surface area contributed by atoms with Gasteiger partial charge in [-0.15, -0.1) is 0 Å². The topological polar surface area (TPSA) is 9.23 Å². The van der Waals surface area contributed by atoms with Crippen molar-refractivity contribution in [3.05, 3.63) is 65.0 Å². The largest absolute Gasteiger partial charge is 0.439 e. The van der Waals surface area contributed by atoms with Crippen molar-refractivity contribution in [2.45, 2.75) is 63.4 Å². The first-order valence-electron chi connectivity index (χ1n) is 10.7. The molecule has 0 saturated heterocycles. The van der Waals surface area contributed by atoms with Crippen molar-refractivity contribution < 1.29 is 35.5 Å². The predicted octanol–water partition coefficient (Wildman–Crippen LogP) is 7.78. The van der Waals surface area contributed by atoms with Crippen LogP contribution >= 0.6 is 0 Å². The highest BCUT2D eigenvalue weighted by Gasteiger charge is 2.59. The van der Waals surface area contributed by atoms with Crippen molar-refractivity contribution in [1.82, 2.24) is 0 Å². The summed E-state index contributed by atoms with van der Waals surface area (Å²) >= 11 is 0. The fourth-order valence-electron chi connectivity index (χ4n) is 3.94. The van der Waals surface area contributed by atoms with Gasteiger partial charge < -0.3 is 4.74 Å². The second-order valence-electron chi connectivity index (χ2n) is 8.21. The van der Waals surface area contributed by atoms with E-state index in [4.69, 9.17) is 0 Å². The maximum absolute atomic E-state index is 14.0. The zero-order chi connectivity index (χ0) is 24.2. The van der Waals surface area contributed by atoms with E-state index in [9.17, 15) is 30.7 Å². The van der Waals surface area contributed by atoms with E-state index in [1.165, 1.54) is 24.8 Å². The standard InChI is InChI=1S/C25H23F7O/c1-2-16-5-10-19(11-6-16)20-12-7-17(8-13-20)3-4-18-9-14-22(21(26)15-18)33-25(31,32)23(27)24(28,29)30/h7-9,12-16,19,23H,2,5-6,10-11H2,1H3. The summed E-state index contributed by atoms with van der Waals surface area (Å²) in [4.78, 5) is 0. The highest BCUT2D eigenvalue weighted by atomic mass is 19.4. The predicted molar refractivity (Wildman–Crippen MR) is 110 cm³/mol. The van der Waals surface area contributed by atoms with Gasteiger partial charge in [0.1, 0.15) is 0 Å². The number of halogens is 7. The summed E-state index contributed by atoms with van der Waals surface area (Å²) in [6.07, 6.45) is -9.75. The van der Waals surface area contributed by atoms with Crippen LogP contribution in [0.4, 0.5) is 30.7 Å². The zero-order valence-corrected chi connectivity index (χ0v) is 17.9. The zero-order valence-electron chi connectivity index (χ0n) is 17.9. The van der Waals surface area contributed by atoms with Crippen LogP contribution in [0.5, 0.6) is 5.75 Å². The third-order valence-electron chi connectivity index (χ3n) is 5.92. The van der Waals surface area contributed by atoms with Crippen LogP contribution in [-0.2, 0) is 0 Å². The summed E-state index contributed by atoms with van der Waals surface area (Å²) in [5.41, 5.74) is 2.00.